The molecule has 1 aliphatic heterocycles. The number of carbonyl (C=O) groups is 2. The number of rotatable bonds is 14. The lowest BCUT2D eigenvalue weighted by molar-refractivity contribution is -0.140. The molecule has 200 valence electrons. The lowest BCUT2D eigenvalue weighted by Gasteiger charge is -2.26. The first-order valence-corrected chi connectivity index (χ1v) is 13.3. The van der Waals surface area contributed by atoms with Crippen molar-refractivity contribution in [2.45, 2.75) is 52.0 Å². The minimum Gasteiger partial charge on any atom is -0.507 e. The second kappa shape index (κ2) is 13.8. The smallest absolute Gasteiger partial charge is 0.295 e. The minimum absolute atomic E-state index is 0.0890. The summed E-state index contributed by atoms with van der Waals surface area (Å²) in [5.74, 6) is -0.138. The van der Waals surface area contributed by atoms with Crippen molar-refractivity contribution in [2.24, 2.45) is 0 Å². The number of benzene rings is 2. The van der Waals surface area contributed by atoms with Gasteiger partial charge in [0.2, 0.25) is 0 Å². The van der Waals surface area contributed by atoms with Crippen molar-refractivity contribution < 1.29 is 24.2 Å². The Hall–Kier alpha value is -3.32. The van der Waals surface area contributed by atoms with E-state index in [1.165, 1.54) is 0 Å². The molecule has 1 heterocycles. The lowest BCUT2D eigenvalue weighted by Crippen LogP contribution is -2.35. The maximum absolute atomic E-state index is 13.2. The topological polar surface area (TPSA) is 79.3 Å². The minimum atomic E-state index is -0.696. The number of aliphatic hydroxyl groups excluding tert-OH is 1. The third kappa shape index (κ3) is 7.35. The molecule has 1 unspecified atom stereocenters. The van der Waals surface area contributed by atoms with E-state index in [2.05, 4.69) is 13.8 Å². The van der Waals surface area contributed by atoms with E-state index in [0.717, 1.165) is 43.4 Å². The summed E-state index contributed by atoms with van der Waals surface area (Å²) in [4.78, 5) is 29.9. The molecule has 1 N–H and O–H groups in total. The maximum atomic E-state index is 13.2. The molecule has 0 saturated carbocycles. The van der Waals surface area contributed by atoms with Gasteiger partial charge in [0, 0.05) is 18.7 Å². The van der Waals surface area contributed by atoms with Gasteiger partial charge in [-0.3, -0.25) is 9.59 Å². The largest absolute Gasteiger partial charge is 0.507 e. The van der Waals surface area contributed by atoms with Gasteiger partial charge in [-0.25, -0.2) is 0 Å². The van der Waals surface area contributed by atoms with Gasteiger partial charge in [-0.15, -0.1) is 0 Å². The fraction of sp³-hybridized carbons (Fsp3) is 0.467. The molecule has 2 aromatic carbocycles. The Morgan fingerprint density at radius 1 is 0.919 bits per heavy atom. The molecule has 0 bridgehead atoms. The van der Waals surface area contributed by atoms with Crippen molar-refractivity contribution in [2.75, 3.05) is 40.4 Å². The van der Waals surface area contributed by atoms with Crippen LogP contribution in [0.25, 0.3) is 5.76 Å². The molecular weight excluding hydrogens is 468 g/mol. The van der Waals surface area contributed by atoms with E-state index in [1.807, 2.05) is 49.3 Å². The van der Waals surface area contributed by atoms with Crippen LogP contribution in [0.3, 0.4) is 0 Å². The van der Waals surface area contributed by atoms with E-state index in [9.17, 15) is 14.7 Å². The average molecular weight is 509 g/mol. The van der Waals surface area contributed by atoms with Crippen molar-refractivity contribution in [1.82, 2.24) is 9.80 Å². The van der Waals surface area contributed by atoms with Gasteiger partial charge in [0.05, 0.1) is 24.8 Å². The summed E-state index contributed by atoms with van der Waals surface area (Å²) < 4.78 is 11.6. The van der Waals surface area contributed by atoms with Gasteiger partial charge in [0.15, 0.2) is 0 Å². The molecule has 1 atom stereocenters. The number of aliphatic hydroxyl groups is 1. The summed E-state index contributed by atoms with van der Waals surface area (Å²) in [5.41, 5.74) is 1.28. The van der Waals surface area contributed by atoms with E-state index < -0.39 is 17.7 Å². The molecule has 0 radical (unpaired) electrons. The molecule has 2 aromatic rings. The van der Waals surface area contributed by atoms with Gasteiger partial charge in [-0.1, -0.05) is 57.4 Å². The van der Waals surface area contributed by atoms with Crippen molar-refractivity contribution >= 4 is 17.4 Å². The van der Waals surface area contributed by atoms with E-state index in [1.54, 1.807) is 23.1 Å². The Morgan fingerprint density at radius 3 is 2.27 bits per heavy atom. The standard InChI is InChI=1S/C30H40N2O5/c1-5-7-9-20-36-24-15-13-22(14-16-24)27-26(29(34)30(35)32(27)18-17-31(3)4)28(33)23-11-10-12-25(21-23)37-19-8-6-2/h10-16,21,27,33H,5-9,17-20H2,1-4H3/b28-26+. The van der Waals surface area contributed by atoms with E-state index in [0.29, 0.717) is 37.6 Å². The second-order valence-corrected chi connectivity index (χ2v) is 9.65. The molecule has 1 amide bonds. The summed E-state index contributed by atoms with van der Waals surface area (Å²) in [5, 5.41) is 11.3. The molecular formula is C30H40N2O5. The van der Waals surface area contributed by atoms with Crippen LogP contribution in [-0.4, -0.2) is 67.0 Å². The Labute approximate surface area is 220 Å². The summed E-state index contributed by atoms with van der Waals surface area (Å²) in [6.07, 6.45) is 5.17. The number of hydrogen-bond acceptors (Lipinski definition) is 6. The van der Waals surface area contributed by atoms with Crippen LogP contribution in [0.1, 0.15) is 63.1 Å². The number of unbranched alkanes of at least 4 members (excludes halogenated alkanes) is 3. The van der Waals surface area contributed by atoms with Crippen molar-refractivity contribution in [1.29, 1.82) is 0 Å². The highest BCUT2D eigenvalue weighted by molar-refractivity contribution is 6.46. The van der Waals surface area contributed by atoms with Gasteiger partial charge < -0.3 is 24.4 Å². The van der Waals surface area contributed by atoms with Crippen LogP contribution in [0, 0.1) is 0 Å². The first kappa shape index (κ1) is 28.3. The molecule has 3 rings (SSSR count). The van der Waals surface area contributed by atoms with Crippen LogP contribution < -0.4 is 9.47 Å². The summed E-state index contributed by atoms with van der Waals surface area (Å²) in [6, 6.07) is 13.8. The zero-order valence-electron chi connectivity index (χ0n) is 22.5. The van der Waals surface area contributed by atoms with E-state index in [-0.39, 0.29) is 11.3 Å². The van der Waals surface area contributed by atoms with E-state index >= 15 is 0 Å². The number of nitrogens with zero attached hydrogens (tertiary/aromatic N) is 2. The predicted octanol–water partition coefficient (Wildman–Crippen LogP) is 5.42. The number of likely N-dealkylation sites (N-methyl/N-ethyl adjacent to an activating group) is 1. The van der Waals surface area contributed by atoms with Gasteiger partial charge in [-0.2, -0.15) is 0 Å². The fourth-order valence-corrected chi connectivity index (χ4v) is 4.28. The van der Waals surface area contributed by atoms with Crippen molar-refractivity contribution in [3.05, 3.63) is 65.2 Å². The summed E-state index contributed by atoms with van der Waals surface area (Å²) in [6.45, 7) is 6.40. The Bertz CT molecular complexity index is 1080. The van der Waals surface area contributed by atoms with Gasteiger partial charge in [0.1, 0.15) is 17.3 Å². The quantitative estimate of drug-likeness (QED) is 0.159. The number of ketones is 1. The zero-order valence-corrected chi connectivity index (χ0v) is 22.5. The molecule has 0 spiro atoms. The molecule has 1 saturated heterocycles. The third-order valence-electron chi connectivity index (χ3n) is 6.41. The molecule has 1 aliphatic rings. The molecule has 37 heavy (non-hydrogen) atoms. The first-order chi connectivity index (χ1) is 17.9. The van der Waals surface area contributed by atoms with Crippen LogP contribution in [0.4, 0.5) is 0 Å². The van der Waals surface area contributed by atoms with Gasteiger partial charge in [-0.05, 0) is 56.8 Å². The zero-order chi connectivity index (χ0) is 26.8. The highest BCUT2D eigenvalue weighted by Gasteiger charge is 2.45. The van der Waals surface area contributed by atoms with E-state index in [4.69, 9.17) is 9.47 Å². The van der Waals surface area contributed by atoms with Gasteiger partial charge >= 0.3 is 0 Å². The lowest BCUT2D eigenvalue weighted by atomic mass is 9.95. The SMILES string of the molecule is CCCCCOc1ccc(C2/C(=C(\O)c3cccc(OCCCC)c3)C(=O)C(=O)N2CCN(C)C)cc1. The number of Topliss-reactive ketones (excluding diaryl/α,β-unsaturated/α-hetero) is 1. The van der Waals surface area contributed by atoms with Crippen LogP contribution in [0.5, 0.6) is 11.5 Å². The number of likely N-dealkylation sites (tertiary alicyclic amines) is 1. The molecule has 7 heteroatoms. The van der Waals surface area contributed by atoms with Crippen LogP contribution in [0.2, 0.25) is 0 Å². The molecule has 0 aromatic heterocycles. The number of carbonyl (C=O) groups excluding carboxylic acids is 2. The second-order valence-electron chi connectivity index (χ2n) is 9.65. The van der Waals surface area contributed by atoms with Gasteiger partial charge in [0.25, 0.3) is 11.7 Å². The molecule has 1 fully saturated rings. The average Bonchev–Trinajstić information content (AvgIpc) is 3.15. The summed E-state index contributed by atoms with van der Waals surface area (Å²) in [7, 11) is 3.83. The van der Waals surface area contributed by atoms with Crippen molar-refractivity contribution in [3.8, 4) is 11.5 Å². The fourth-order valence-electron chi connectivity index (χ4n) is 4.28. The van der Waals surface area contributed by atoms with Crippen LogP contribution >= 0.6 is 0 Å². The summed E-state index contributed by atoms with van der Waals surface area (Å²) >= 11 is 0. The van der Waals surface area contributed by atoms with Crippen LogP contribution in [-0.2, 0) is 9.59 Å². The van der Waals surface area contributed by atoms with Crippen molar-refractivity contribution in [3.63, 3.8) is 0 Å². The maximum Gasteiger partial charge on any atom is 0.295 e. The number of hydrogen-bond donors (Lipinski definition) is 1. The highest BCUT2D eigenvalue weighted by Crippen LogP contribution is 2.40. The monoisotopic (exact) mass is 508 g/mol. The third-order valence-corrected chi connectivity index (χ3v) is 6.41. The number of ether oxygens (including phenoxy) is 2. The number of amides is 1. The first-order valence-electron chi connectivity index (χ1n) is 13.3. The highest BCUT2D eigenvalue weighted by atomic mass is 16.5. The normalized spacial score (nSPS) is 17.0. The van der Waals surface area contributed by atoms with Crippen LogP contribution in [0.15, 0.2) is 54.1 Å². The predicted molar refractivity (Wildman–Crippen MR) is 146 cm³/mol. The molecule has 7 nitrogen and oxygen atoms in total. The Kier molecular flexibility index (Phi) is 10.6. The Morgan fingerprint density at radius 2 is 1.59 bits per heavy atom. The molecule has 0 aliphatic carbocycles. The Balaban J connectivity index is 1.96.